The SMILES string of the molecule is CCCC/C(CC)=C(\C)[N+](=O)[O-]. The van der Waals surface area contributed by atoms with Crippen LogP contribution in [0.4, 0.5) is 0 Å². The van der Waals surface area contributed by atoms with E-state index in [2.05, 4.69) is 6.92 Å². The molecule has 3 heteroatoms. The average molecular weight is 171 g/mol. The zero-order valence-electron chi connectivity index (χ0n) is 8.09. The summed E-state index contributed by atoms with van der Waals surface area (Å²) < 4.78 is 0. The standard InChI is InChI=1S/C9H17NO2/c1-4-6-7-9(5-2)8(3)10(11)12/h4-7H2,1-3H3/b9-8+. The fourth-order valence-electron chi connectivity index (χ4n) is 1.13. The summed E-state index contributed by atoms with van der Waals surface area (Å²) in [5, 5.41) is 10.4. The molecule has 12 heavy (non-hydrogen) atoms. The topological polar surface area (TPSA) is 43.1 Å². The quantitative estimate of drug-likeness (QED) is 0.471. The Bertz CT molecular complexity index is 185. The molecule has 0 bridgehead atoms. The molecule has 0 aromatic carbocycles. The van der Waals surface area contributed by atoms with Crippen molar-refractivity contribution in [1.82, 2.24) is 0 Å². The summed E-state index contributed by atoms with van der Waals surface area (Å²) in [5.74, 6) is 0. The molecule has 0 saturated carbocycles. The molecule has 0 heterocycles. The first-order valence-corrected chi connectivity index (χ1v) is 4.46. The van der Waals surface area contributed by atoms with Gasteiger partial charge in [0.1, 0.15) is 0 Å². The van der Waals surface area contributed by atoms with E-state index in [0.717, 1.165) is 31.3 Å². The molecule has 70 valence electrons. The van der Waals surface area contributed by atoms with Crippen LogP contribution in [0.2, 0.25) is 0 Å². The van der Waals surface area contributed by atoms with Gasteiger partial charge in [-0.15, -0.1) is 0 Å². The summed E-state index contributed by atoms with van der Waals surface area (Å²) in [7, 11) is 0. The van der Waals surface area contributed by atoms with Crippen molar-refractivity contribution in [1.29, 1.82) is 0 Å². The molecule has 0 aromatic heterocycles. The zero-order valence-corrected chi connectivity index (χ0v) is 8.09. The van der Waals surface area contributed by atoms with Crippen LogP contribution in [0, 0.1) is 10.1 Å². The molecule has 0 spiro atoms. The number of allylic oxidation sites excluding steroid dienone is 2. The van der Waals surface area contributed by atoms with Crippen molar-refractivity contribution in [2.45, 2.75) is 46.5 Å². The third-order valence-electron chi connectivity index (χ3n) is 2.04. The van der Waals surface area contributed by atoms with E-state index in [1.54, 1.807) is 6.92 Å². The molecule has 0 fully saturated rings. The number of hydrogen-bond acceptors (Lipinski definition) is 2. The van der Waals surface area contributed by atoms with Gasteiger partial charge in [0.2, 0.25) is 5.70 Å². The van der Waals surface area contributed by atoms with Crippen molar-refractivity contribution in [2.75, 3.05) is 0 Å². The predicted molar refractivity (Wildman–Crippen MR) is 49.5 cm³/mol. The molecule has 0 aliphatic carbocycles. The van der Waals surface area contributed by atoms with Gasteiger partial charge in [-0.3, -0.25) is 10.1 Å². The van der Waals surface area contributed by atoms with Crippen LogP contribution in [0.15, 0.2) is 11.3 Å². The van der Waals surface area contributed by atoms with Gasteiger partial charge in [-0.2, -0.15) is 0 Å². The van der Waals surface area contributed by atoms with Gasteiger partial charge in [0, 0.05) is 12.5 Å². The average Bonchev–Trinajstić information content (AvgIpc) is 2.05. The molecular weight excluding hydrogens is 154 g/mol. The fraction of sp³-hybridized carbons (Fsp3) is 0.778. The molecule has 0 atom stereocenters. The van der Waals surface area contributed by atoms with Gasteiger partial charge in [-0.05, 0) is 19.3 Å². The second-order valence-electron chi connectivity index (χ2n) is 2.90. The molecule has 0 aliphatic rings. The maximum atomic E-state index is 10.4. The first kappa shape index (κ1) is 11.1. The largest absolute Gasteiger partial charge is 0.259 e. The third kappa shape index (κ3) is 3.51. The van der Waals surface area contributed by atoms with E-state index >= 15 is 0 Å². The van der Waals surface area contributed by atoms with Crippen molar-refractivity contribution >= 4 is 0 Å². The molecule has 0 saturated heterocycles. The van der Waals surface area contributed by atoms with Gasteiger partial charge >= 0.3 is 0 Å². The summed E-state index contributed by atoms with van der Waals surface area (Å²) in [6.45, 7) is 5.65. The molecule has 3 nitrogen and oxygen atoms in total. The lowest BCUT2D eigenvalue weighted by Gasteiger charge is -2.02. The molecule has 0 unspecified atom stereocenters. The van der Waals surface area contributed by atoms with E-state index in [0.29, 0.717) is 5.70 Å². The van der Waals surface area contributed by atoms with Crippen molar-refractivity contribution in [3.8, 4) is 0 Å². The number of hydrogen-bond donors (Lipinski definition) is 0. The summed E-state index contributed by atoms with van der Waals surface area (Å²) in [6, 6.07) is 0. The third-order valence-corrected chi connectivity index (χ3v) is 2.04. The number of rotatable bonds is 5. The highest BCUT2D eigenvalue weighted by atomic mass is 16.6. The second-order valence-corrected chi connectivity index (χ2v) is 2.90. The van der Waals surface area contributed by atoms with E-state index in [1.807, 2.05) is 6.92 Å². The minimum Gasteiger partial charge on any atom is -0.259 e. The Labute approximate surface area is 73.6 Å². The number of nitrogens with zero attached hydrogens (tertiary/aromatic N) is 1. The molecule has 0 N–H and O–H groups in total. The summed E-state index contributed by atoms with van der Waals surface area (Å²) in [6.07, 6.45) is 3.81. The summed E-state index contributed by atoms with van der Waals surface area (Å²) in [4.78, 5) is 10.1. The van der Waals surface area contributed by atoms with Crippen LogP contribution in [0.5, 0.6) is 0 Å². The lowest BCUT2D eigenvalue weighted by atomic mass is 10.1. The minimum absolute atomic E-state index is 0.283. The Kier molecular flexibility index (Phi) is 5.34. The van der Waals surface area contributed by atoms with Gasteiger partial charge in [-0.1, -0.05) is 20.3 Å². The molecule has 0 aromatic rings. The lowest BCUT2D eigenvalue weighted by Crippen LogP contribution is -1.99. The highest BCUT2D eigenvalue weighted by Gasteiger charge is 2.09. The molecule has 0 aliphatic heterocycles. The van der Waals surface area contributed by atoms with Gasteiger partial charge < -0.3 is 0 Å². The molecule has 0 radical (unpaired) electrons. The first-order chi connectivity index (χ1) is 5.63. The van der Waals surface area contributed by atoms with Crippen molar-refractivity contribution < 1.29 is 4.92 Å². The van der Waals surface area contributed by atoms with Crippen molar-refractivity contribution in [3.63, 3.8) is 0 Å². The minimum atomic E-state index is -0.283. The normalized spacial score (nSPS) is 12.6. The van der Waals surface area contributed by atoms with Gasteiger partial charge in [-0.25, -0.2) is 0 Å². The zero-order chi connectivity index (χ0) is 9.56. The fourth-order valence-corrected chi connectivity index (χ4v) is 1.13. The number of nitro groups is 1. The highest BCUT2D eigenvalue weighted by molar-refractivity contribution is 5.04. The van der Waals surface area contributed by atoms with Crippen LogP contribution >= 0.6 is 0 Å². The Morgan fingerprint density at radius 2 is 2.00 bits per heavy atom. The Balaban J connectivity index is 4.28. The molecular formula is C9H17NO2. The van der Waals surface area contributed by atoms with E-state index in [-0.39, 0.29) is 4.92 Å². The summed E-state index contributed by atoms with van der Waals surface area (Å²) in [5.41, 5.74) is 1.33. The van der Waals surface area contributed by atoms with Crippen LogP contribution in [-0.2, 0) is 0 Å². The predicted octanol–water partition coefficient (Wildman–Crippen LogP) is 3.14. The monoisotopic (exact) mass is 171 g/mol. The van der Waals surface area contributed by atoms with E-state index in [4.69, 9.17) is 0 Å². The van der Waals surface area contributed by atoms with E-state index < -0.39 is 0 Å². The van der Waals surface area contributed by atoms with Gasteiger partial charge in [0.05, 0.1) is 4.92 Å². The number of unbranched alkanes of at least 4 members (excludes halogenated alkanes) is 1. The lowest BCUT2D eigenvalue weighted by molar-refractivity contribution is -0.425. The Morgan fingerprint density at radius 1 is 1.42 bits per heavy atom. The van der Waals surface area contributed by atoms with E-state index in [1.165, 1.54) is 0 Å². The van der Waals surface area contributed by atoms with Gasteiger partial charge in [0.25, 0.3) is 0 Å². The van der Waals surface area contributed by atoms with Crippen molar-refractivity contribution in [3.05, 3.63) is 21.4 Å². The van der Waals surface area contributed by atoms with Crippen LogP contribution in [-0.4, -0.2) is 4.92 Å². The van der Waals surface area contributed by atoms with Gasteiger partial charge in [0.15, 0.2) is 0 Å². The maximum absolute atomic E-state index is 10.4. The van der Waals surface area contributed by atoms with Crippen LogP contribution in [0.1, 0.15) is 46.5 Å². The Hall–Kier alpha value is -0.860. The maximum Gasteiger partial charge on any atom is 0.242 e. The first-order valence-electron chi connectivity index (χ1n) is 4.46. The van der Waals surface area contributed by atoms with Crippen LogP contribution in [0.25, 0.3) is 0 Å². The van der Waals surface area contributed by atoms with Crippen molar-refractivity contribution in [2.24, 2.45) is 0 Å². The second kappa shape index (κ2) is 5.75. The smallest absolute Gasteiger partial charge is 0.242 e. The summed E-state index contributed by atoms with van der Waals surface area (Å²) >= 11 is 0. The van der Waals surface area contributed by atoms with Crippen LogP contribution < -0.4 is 0 Å². The van der Waals surface area contributed by atoms with Crippen LogP contribution in [0.3, 0.4) is 0 Å². The Morgan fingerprint density at radius 3 is 2.33 bits per heavy atom. The molecule has 0 rings (SSSR count). The highest BCUT2D eigenvalue weighted by Crippen LogP contribution is 2.16. The molecule has 0 amide bonds. The van der Waals surface area contributed by atoms with E-state index in [9.17, 15) is 10.1 Å².